The highest BCUT2D eigenvalue weighted by Crippen LogP contribution is 2.03. The van der Waals surface area contributed by atoms with Gasteiger partial charge in [-0.05, 0) is 25.8 Å². The first-order chi connectivity index (χ1) is 8.15. The van der Waals surface area contributed by atoms with Gasteiger partial charge in [-0.3, -0.25) is 9.59 Å². The minimum atomic E-state index is -0.117. The molecule has 0 heterocycles. The van der Waals surface area contributed by atoms with Crippen molar-refractivity contribution in [2.24, 2.45) is 5.73 Å². The molecular formula is C12H25N3O2. The van der Waals surface area contributed by atoms with Crippen LogP contribution in [0.25, 0.3) is 0 Å². The second-order valence-electron chi connectivity index (χ2n) is 4.09. The van der Waals surface area contributed by atoms with E-state index in [0.29, 0.717) is 19.5 Å². The molecule has 0 bridgehead atoms. The van der Waals surface area contributed by atoms with Gasteiger partial charge in [0.25, 0.3) is 0 Å². The summed E-state index contributed by atoms with van der Waals surface area (Å²) in [5, 5.41) is 2.54. The molecule has 0 unspecified atom stereocenters. The lowest BCUT2D eigenvalue weighted by Gasteiger charge is -2.21. The molecule has 17 heavy (non-hydrogen) atoms. The second-order valence-corrected chi connectivity index (χ2v) is 4.09. The minimum Gasteiger partial charge on any atom is -0.358 e. The molecule has 0 saturated heterocycles. The van der Waals surface area contributed by atoms with Crippen molar-refractivity contribution >= 4 is 11.8 Å². The molecule has 0 atom stereocenters. The Morgan fingerprint density at radius 2 is 1.94 bits per heavy atom. The maximum absolute atomic E-state index is 11.9. The van der Waals surface area contributed by atoms with Crippen LogP contribution in [0.15, 0.2) is 0 Å². The summed E-state index contributed by atoms with van der Waals surface area (Å²) in [7, 11) is 1.58. The maximum atomic E-state index is 11.9. The van der Waals surface area contributed by atoms with Crippen molar-refractivity contribution in [1.29, 1.82) is 0 Å². The Hall–Kier alpha value is -1.10. The normalized spacial score (nSPS) is 10.1. The summed E-state index contributed by atoms with van der Waals surface area (Å²) in [6.45, 7) is 3.48. The molecule has 5 heteroatoms. The van der Waals surface area contributed by atoms with Gasteiger partial charge in [0.15, 0.2) is 0 Å². The van der Waals surface area contributed by atoms with Crippen molar-refractivity contribution in [1.82, 2.24) is 10.2 Å². The summed E-state index contributed by atoms with van der Waals surface area (Å²) in [6.07, 6.45) is 4.16. The van der Waals surface area contributed by atoms with Gasteiger partial charge >= 0.3 is 0 Å². The molecule has 0 radical (unpaired) electrons. The van der Waals surface area contributed by atoms with Crippen LogP contribution >= 0.6 is 0 Å². The number of likely N-dealkylation sites (N-methyl/N-ethyl adjacent to an activating group) is 1. The van der Waals surface area contributed by atoms with Gasteiger partial charge in [-0.2, -0.15) is 0 Å². The fourth-order valence-electron chi connectivity index (χ4n) is 1.57. The zero-order valence-electron chi connectivity index (χ0n) is 11.0. The van der Waals surface area contributed by atoms with Gasteiger partial charge in [-0.1, -0.05) is 13.3 Å². The standard InChI is InChI=1S/C12H25N3O2/c1-3-9-15(10-11(16)14-2)12(17)7-5-4-6-8-13/h3-10,13H2,1-2H3,(H,14,16). The molecule has 0 spiro atoms. The number of unbranched alkanes of at least 4 members (excludes halogenated alkanes) is 2. The maximum Gasteiger partial charge on any atom is 0.239 e. The van der Waals surface area contributed by atoms with E-state index < -0.39 is 0 Å². The van der Waals surface area contributed by atoms with Crippen LogP contribution in [0.2, 0.25) is 0 Å². The minimum absolute atomic E-state index is 0.0625. The first kappa shape index (κ1) is 15.9. The molecule has 2 amide bonds. The number of rotatable bonds is 9. The van der Waals surface area contributed by atoms with E-state index in [2.05, 4.69) is 5.32 Å². The third-order valence-electron chi connectivity index (χ3n) is 2.55. The molecule has 0 aliphatic heterocycles. The number of hydrogen-bond acceptors (Lipinski definition) is 3. The lowest BCUT2D eigenvalue weighted by molar-refractivity contribution is -0.136. The van der Waals surface area contributed by atoms with Gasteiger partial charge in [0, 0.05) is 20.0 Å². The van der Waals surface area contributed by atoms with Crippen LogP contribution < -0.4 is 11.1 Å². The van der Waals surface area contributed by atoms with Crippen molar-refractivity contribution in [3.8, 4) is 0 Å². The van der Waals surface area contributed by atoms with Gasteiger partial charge < -0.3 is 16.0 Å². The summed E-state index contributed by atoms with van der Waals surface area (Å²) < 4.78 is 0. The highest BCUT2D eigenvalue weighted by molar-refractivity contribution is 5.84. The number of carbonyl (C=O) groups excluding carboxylic acids is 2. The summed E-state index contributed by atoms with van der Waals surface area (Å²) >= 11 is 0. The van der Waals surface area contributed by atoms with E-state index in [1.165, 1.54) is 0 Å². The molecular weight excluding hydrogens is 218 g/mol. The first-order valence-corrected chi connectivity index (χ1v) is 6.34. The van der Waals surface area contributed by atoms with Crippen LogP contribution in [0.3, 0.4) is 0 Å². The van der Waals surface area contributed by atoms with Crippen LogP contribution in [0.4, 0.5) is 0 Å². The molecule has 0 aromatic rings. The lowest BCUT2D eigenvalue weighted by atomic mass is 10.1. The predicted octanol–water partition coefficient (Wildman–Crippen LogP) is 0.490. The Balaban J connectivity index is 4.01. The topological polar surface area (TPSA) is 75.4 Å². The smallest absolute Gasteiger partial charge is 0.239 e. The third-order valence-corrected chi connectivity index (χ3v) is 2.55. The number of carbonyl (C=O) groups is 2. The largest absolute Gasteiger partial charge is 0.358 e. The molecule has 0 rings (SSSR count). The monoisotopic (exact) mass is 243 g/mol. The van der Waals surface area contributed by atoms with Crippen molar-refractivity contribution in [2.75, 3.05) is 26.7 Å². The van der Waals surface area contributed by atoms with Crippen molar-refractivity contribution in [3.63, 3.8) is 0 Å². The first-order valence-electron chi connectivity index (χ1n) is 6.34. The van der Waals surface area contributed by atoms with Gasteiger partial charge in [0.2, 0.25) is 11.8 Å². The fourth-order valence-corrected chi connectivity index (χ4v) is 1.57. The van der Waals surface area contributed by atoms with Crippen molar-refractivity contribution in [2.45, 2.75) is 39.0 Å². The van der Waals surface area contributed by atoms with E-state index in [1.807, 2.05) is 6.92 Å². The molecule has 100 valence electrons. The quantitative estimate of drug-likeness (QED) is 0.579. The van der Waals surface area contributed by atoms with Crippen LogP contribution in [0.1, 0.15) is 39.0 Å². The average molecular weight is 243 g/mol. The molecule has 5 nitrogen and oxygen atoms in total. The van der Waals surface area contributed by atoms with Gasteiger partial charge in [-0.25, -0.2) is 0 Å². The zero-order valence-corrected chi connectivity index (χ0v) is 11.0. The van der Waals surface area contributed by atoms with E-state index >= 15 is 0 Å². The Morgan fingerprint density at radius 3 is 2.47 bits per heavy atom. The molecule has 0 aromatic heterocycles. The molecule has 0 aliphatic carbocycles. The van der Waals surface area contributed by atoms with E-state index in [1.54, 1.807) is 11.9 Å². The Bertz CT molecular complexity index is 232. The van der Waals surface area contributed by atoms with E-state index in [0.717, 1.165) is 25.7 Å². The molecule has 3 N–H and O–H groups in total. The number of nitrogens with zero attached hydrogens (tertiary/aromatic N) is 1. The van der Waals surface area contributed by atoms with Crippen molar-refractivity contribution in [3.05, 3.63) is 0 Å². The fraction of sp³-hybridized carbons (Fsp3) is 0.833. The Kier molecular flexibility index (Phi) is 9.43. The highest BCUT2D eigenvalue weighted by atomic mass is 16.2. The average Bonchev–Trinajstić information content (AvgIpc) is 2.33. The third kappa shape index (κ3) is 7.74. The molecule has 0 fully saturated rings. The highest BCUT2D eigenvalue weighted by Gasteiger charge is 2.14. The van der Waals surface area contributed by atoms with E-state index in [-0.39, 0.29) is 18.4 Å². The van der Waals surface area contributed by atoms with E-state index in [9.17, 15) is 9.59 Å². The van der Waals surface area contributed by atoms with Gasteiger partial charge in [0.1, 0.15) is 0 Å². The predicted molar refractivity (Wildman–Crippen MR) is 68.5 cm³/mol. The summed E-state index contributed by atoms with van der Waals surface area (Å²) in [5.41, 5.74) is 5.39. The van der Waals surface area contributed by atoms with Gasteiger partial charge in [0.05, 0.1) is 6.54 Å². The van der Waals surface area contributed by atoms with Gasteiger partial charge in [-0.15, -0.1) is 0 Å². The number of amides is 2. The second kappa shape index (κ2) is 10.1. The Morgan fingerprint density at radius 1 is 1.24 bits per heavy atom. The van der Waals surface area contributed by atoms with Crippen LogP contribution in [-0.2, 0) is 9.59 Å². The SMILES string of the molecule is CCCN(CC(=O)NC)C(=O)CCCCCN. The number of hydrogen-bond donors (Lipinski definition) is 2. The van der Waals surface area contributed by atoms with E-state index in [4.69, 9.17) is 5.73 Å². The summed E-state index contributed by atoms with van der Waals surface area (Å²) in [4.78, 5) is 24.7. The summed E-state index contributed by atoms with van der Waals surface area (Å²) in [5.74, 6) is -0.0544. The molecule has 0 saturated carbocycles. The van der Waals surface area contributed by atoms with Crippen LogP contribution in [0, 0.1) is 0 Å². The summed E-state index contributed by atoms with van der Waals surface area (Å²) in [6, 6.07) is 0. The van der Waals surface area contributed by atoms with Crippen molar-refractivity contribution < 1.29 is 9.59 Å². The number of nitrogens with one attached hydrogen (secondary N) is 1. The van der Waals surface area contributed by atoms with Crippen LogP contribution in [-0.4, -0.2) is 43.4 Å². The molecule has 0 aromatic carbocycles. The van der Waals surface area contributed by atoms with Crippen LogP contribution in [0.5, 0.6) is 0 Å². The lowest BCUT2D eigenvalue weighted by Crippen LogP contribution is -2.40. The Labute approximate surface area is 104 Å². The number of nitrogens with two attached hydrogens (primary N) is 1. The zero-order chi connectivity index (χ0) is 13.1. The molecule has 0 aliphatic rings.